The lowest BCUT2D eigenvalue weighted by atomic mass is 9.96. The fourth-order valence-corrected chi connectivity index (χ4v) is 5.04. The first-order chi connectivity index (χ1) is 12.9. The van der Waals surface area contributed by atoms with Gasteiger partial charge in [0, 0.05) is 31.2 Å². The number of amides is 1. The number of carbonyl (C=O) groups excluding carboxylic acids is 1. The van der Waals surface area contributed by atoms with Crippen LogP contribution in [0.4, 0.5) is 0 Å². The van der Waals surface area contributed by atoms with Crippen LogP contribution in [-0.2, 0) is 10.0 Å². The van der Waals surface area contributed by atoms with Gasteiger partial charge in [-0.25, -0.2) is 8.42 Å². The third-order valence-electron chi connectivity index (χ3n) is 5.39. The van der Waals surface area contributed by atoms with Crippen LogP contribution < -0.4 is 11.1 Å². The Morgan fingerprint density at radius 2 is 2.00 bits per heavy atom. The first kappa shape index (κ1) is 21.9. The summed E-state index contributed by atoms with van der Waals surface area (Å²) in [6, 6.07) is 6.24. The molecular weight excluding hydrogens is 362 g/mol. The lowest BCUT2D eigenvalue weighted by Gasteiger charge is -2.30. The Morgan fingerprint density at radius 3 is 2.63 bits per heavy atom. The second-order valence-corrected chi connectivity index (χ2v) is 9.39. The fraction of sp³-hybridized carbons (Fsp3) is 0.650. The van der Waals surface area contributed by atoms with Crippen molar-refractivity contribution in [3.8, 4) is 0 Å². The highest BCUT2D eigenvalue weighted by Crippen LogP contribution is 2.26. The van der Waals surface area contributed by atoms with Crippen molar-refractivity contribution in [3.63, 3.8) is 0 Å². The molecule has 7 heteroatoms. The zero-order valence-corrected chi connectivity index (χ0v) is 17.3. The Morgan fingerprint density at radius 1 is 1.30 bits per heavy atom. The van der Waals surface area contributed by atoms with Crippen molar-refractivity contribution in [1.29, 1.82) is 0 Å². The van der Waals surface area contributed by atoms with Crippen molar-refractivity contribution in [2.45, 2.75) is 75.3 Å². The maximum Gasteiger partial charge on any atom is 0.251 e. The lowest BCUT2D eigenvalue weighted by molar-refractivity contribution is 0.0935. The third kappa shape index (κ3) is 5.77. The van der Waals surface area contributed by atoms with Gasteiger partial charge in [-0.1, -0.05) is 45.1 Å². The Kier molecular flexibility index (Phi) is 8.26. The SMILES string of the molecule is CCCCC(CN)NC(=O)c1cccc(S(=O)(=O)N(C)C2CCCCC2)c1. The highest BCUT2D eigenvalue weighted by atomic mass is 32.2. The van der Waals surface area contributed by atoms with Crippen molar-refractivity contribution >= 4 is 15.9 Å². The van der Waals surface area contributed by atoms with E-state index in [0.717, 1.165) is 44.9 Å². The van der Waals surface area contributed by atoms with E-state index in [1.54, 1.807) is 25.2 Å². The molecule has 0 aromatic heterocycles. The van der Waals surface area contributed by atoms with Crippen LogP contribution in [0.3, 0.4) is 0 Å². The monoisotopic (exact) mass is 395 g/mol. The van der Waals surface area contributed by atoms with Crippen LogP contribution in [0.5, 0.6) is 0 Å². The van der Waals surface area contributed by atoms with E-state index in [4.69, 9.17) is 5.73 Å². The van der Waals surface area contributed by atoms with Crippen LogP contribution in [0, 0.1) is 0 Å². The minimum Gasteiger partial charge on any atom is -0.348 e. The molecule has 1 aliphatic carbocycles. The van der Waals surface area contributed by atoms with Gasteiger partial charge in [0.1, 0.15) is 0 Å². The van der Waals surface area contributed by atoms with Gasteiger partial charge in [-0.2, -0.15) is 4.31 Å². The summed E-state index contributed by atoms with van der Waals surface area (Å²) in [5.41, 5.74) is 6.09. The van der Waals surface area contributed by atoms with Crippen LogP contribution in [0.25, 0.3) is 0 Å². The predicted octanol–water partition coefficient (Wildman–Crippen LogP) is 2.89. The van der Waals surface area contributed by atoms with Crippen LogP contribution in [0.1, 0.15) is 68.6 Å². The van der Waals surface area contributed by atoms with E-state index in [0.29, 0.717) is 12.1 Å². The zero-order chi connectivity index (χ0) is 19.9. The molecule has 6 nitrogen and oxygen atoms in total. The average molecular weight is 396 g/mol. The molecule has 27 heavy (non-hydrogen) atoms. The molecule has 152 valence electrons. The quantitative estimate of drug-likeness (QED) is 0.672. The maximum atomic E-state index is 13.0. The second-order valence-electron chi connectivity index (χ2n) is 7.39. The van der Waals surface area contributed by atoms with Gasteiger partial charge in [0.15, 0.2) is 0 Å². The Balaban J connectivity index is 2.14. The summed E-state index contributed by atoms with van der Waals surface area (Å²) in [5, 5.41) is 2.92. The zero-order valence-electron chi connectivity index (χ0n) is 16.5. The van der Waals surface area contributed by atoms with E-state index in [2.05, 4.69) is 12.2 Å². The van der Waals surface area contributed by atoms with E-state index in [-0.39, 0.29) is 22.9 Å². The number of nitrogens with zero attached hydrogens (tertiary/aromatic N) is 1. The molecule has 0 radical (unpaired) electrons. The molecule has 0 saturated heterocycles. The summed E-state index contributed by atoms with van der Waals surface area (Å²) in [5.74, 6) is -0.279. The van der Waals surface area contributed by atoms with Crippen molar-refractivity contribution in [1.82, 2.24) is 9.62 Å². The first-order valence-corrected chi connectivity index (χ1v) is 11.4. The minimum absolute atomic E-state index is 0.0388. The number of nitrogens with two attached hydrogens (primary N) is 1. The summed E-state index contributed by atoms with van der Waals surface area (Å²) < 4.78 is 27.5. The van der Waals surface area contributed by atoms with E-state index in [9.17, 15) is 13.2 Å². The summed E-state index contributed by atoms with van der Waals surface area (Å²) >= 11 is 0. The largest absolute Gasteiger partial charge is 0.348 e. The second kappa shape index (κ2) is 10.2. The number of unbranched alkanes of at least 4 members (excludes halogenated alkanes) is 1. The Hall–Kier alpha value is -1.44. The lowest BCUT2D eigenvalue weighted by Crippen LogP contribution is -2.40. The molecule has 1 saturated carbocycles. The molecule has 1 fully saturated rings. The highest BCUT2D eigenvalue weighted by Gasteiger charge is 2.29. The fourth-order valence-electron chi connectivity index (χ4n) is 3.57. The van der Waals surface area contributed by atoms with E-state index in [1.807, 2.05) is 0 Å². The maximum absolute atomic E-state index is 13.0. The van der Waals surface area contributed by atoms with Crippen molar-refractivity contribution in [2.75, 3.05) is 13.6 Å². The highest BCUT2D eigenvalue weighted by molar-refractivity contribution is 7.89. The molecule has 0 heterocycles. The summed E-state index contributed by atoms with van der Waals surface area (Å²) in [4.78, 5) is 12.7. The molecule has 0 bridgehead atoms. The van der Waals surface area contributed by atoms with E-state index < -0.39 is 10.0 Å². The molecule has 3 N–H and O–H groups in total. The number of rotatable bonds is 9. The molecular formula is C20H33N3O3S. The number of hydrogen-bond acceptors (Lipinski definition) is 4. The Bertz CT molecular complexity index is 715. The van der Waals surface area contributed by atoms with Gasteiger partial charge in [-0.05, 0) is 37.5 Å². The van der Waals surface area contributed by atoms with E-state index in [1.165, 1.54) is 16.8 Å². The molecule has 1 aromatic rings. The smallest absolute Gasteiger partial charge is 0.251 e. The number of benzene rings is 1. The number of nitrogens with one attached hydrogen (secondary N) is 1. The predicted molar refractivity (Wildman–Crippen MR) is 108 cm³/mol. The molecule has 0 spiro atoms. The molecule has 1 amide bonds. The molecule has 1 aliphatic rings. The van der Waals surface area contributed by atoms with Gasteiger partial charge < -0.3 is 11.1 Å². The third-order valence-corrected chi connectivity index (χ3v) is 7.29. The van der Waals surface area contributed by atoms with Gasteiger partial charge in [0.25, 0.3) is 5.91 Å². The molecule has 2 rings (SSSR count). The van der Waals surface area contributed by atoms with Crippen molar-refractivity contribution in [3.05, 3.63) is 29.8 Å². The summed E-state index contributed by atoms with van der Waals surface area (Å²) in [7, 11) is -1.97. The van der Waals surface area contributed by atoms with Crippen molar-refractivity contribution in [2.24, 2.45) is 5.73 Å². The standard InChI is InChI=1S/C20H33N3O3S/c1-3-4-10-17(15-21)22-20(24)16-9-8-13-19(14-16)27(25,26)23(2)18-11-6-5-7-12-18/h8-9,13-14,17-18H,3-7,10-12,15,21H2,1-2H3,(H,22,24). The van der Waals surface area contributed by atoms with Gasteiger partial charge in [0.2, 0.25) is 10.0 Å². The first-order valence-electron chi connectivity index (χ1n) is 9.99. The van der Waals surface area contributed by atoms with Crippen LogP contribution in [-0.4, -0.2) is 44.3 Å². The molecule has 1 unspecified atom stereocenters. The van der Waals surface area contributed by atoms with Crippen LogP contribution in [0.15, 0.2) is 29.2 Å². The van der Waals surface area contributed by atoms with Gasteiger partial charge in [0.05, 0.1) is 4.90 Å². The summed E-state index contributed by atoms with van der Waals surface area (Å²) in [6.07, 6.45) is 7.92. The molecule has 1 aromatic carbocycles. The normalized spacial score (nSPS) is 17.0. The molecule has 0 aliphatic heterocycles. The number of hydrogen-bond donors (Lipinski definition) is 2. The van der Waals surface area contributed by atoms with Crippen LogP contribution in [0.2, 0.25) is 0 Å². The van der Waals surface area contributed by atoms with Gasteiger partial charge in [-0.3, -0.25) is 4.79 Å². The summed E-state index contributed by atoms with van der Waals surface area (Å²) in [6.45, 7) is 2.46. The van der Waals surface area contributed by atoms with Gasteiger partial charge >= 0.3 is 0 Å². The Labute approximate surface area is 163 Å². The molecule has 1 atom stereocenters. The van der Waals surface area contributed by atoms with Gasteiger partial charge in [-0.15, -0.1) is 0 Å². The average Bonchev–Trinajstić information content (AvgIpc) is 2.71. The topological polar surface area (TPSA) is 92.5 Å². The van der Waals surface area contributed by atoms with E-state index >= 15 is 0 Å². The number of sulfonamides is 1. The van der Waals surface area contributed by atoms with Crippen molar-refractivity contribution < 1.29 is 13.2 Å². The van der Waals surface area contributed by atoms with Crippen LogP contribution >= 0.6 is 0 Å². The minimum atomic E-state index is -3.61. The number of carbonyl (C=O) groups is 1.